The van der Waals surface area contributed by atoms with Gasteiger partial charge in [-0.3, -0.25) is 14.4 Å². The number of hydrogen-bond donors (Lipinski definition) is 1. The largest absolute Gasteiger partial charge is 0.336 e. The molecule has 1 fully saturated rings. The fourth-order valence-electron chi connectivity index (χ4n) is 3.89. The van der Waals surface area contributed by atoms with Gasteiger partial charge in [-0.2, -0.15) is 0 Å². The van der Waals surface area contributed by atoms with Gasteiger partial charge in [0, 0.05) is 32.7 Å². The number of benzene rings is 3. The molecule has 6 nitrogen and oxygen atoms in total. The molecule has 3 aromatic rings. The molecule has 1 heterocycles. The Balaban J connectivity index is 1.33. The van der Waals surface area contributed by atoms with E-state index in [2.05, 4.69) is 33.9 Å². The summed E-state index contributed by atoms with van der Waals surface area (Å²) >= 11 is 6.39. The number of carbonyl (C=O) groups excluding carboxylic acids is 1. The van der Waals surface area contributed by atoms with E-state index in [-0.39, 0.29) is 15.8 Å². The van der Waals surface area contributed by atoms with Crippen LogP contribution in [0.3, 0.4) is 0 Å². The van der Waals surface area contributed by atoms with Crippen molar-refractivity contribution in [2.45, 2.75) is 11.8 Å². The van der Waals surface area contributed by atoms with E-state index in [1.54, 1.807) is 41.3 Å². The third-order valence-electron chi connectivity index (χ3n) is 5.92. The van der Waals surface area contributed by atoms with Gasteiger partial charge in [0.05, 0.1) is 21.2 Å². The van der Waals surface area contributed by atoms with Crippen LogP contribution in [0, 0.1) is 6.92 Å². The lowest BCUT2D eigenvalue weighted by Gasteiger charge is -2.34. The van der Waals surface area contributed by atoms with Crippen LogP contribution in [-0.4, -0.2) is 56.8 Å². The molecule has 0 bridgehead atoms. The normalized spacial score (nSPS) is 14.9. The zero-order chi connectivity index (χ0) is 24.8. The number of rotatable bonds is 7. The Hall–Kier alpha value is -3.13. The van der Waals surface area contributed by atoms with E-state index >= 15 is 0 Å². The summed E-state index contributed by atoms with van der Waals surface area (Å²) in [5.41, 5.74) is 2.81. The molecule has 182 valence electrons. The van der Waals surface area contributed by atoms with Crippen molar-refractivity contribution in [1.29, 1.82) is 0 Å². The topological polar surface area (TPSA) is 69.7 Å². The molecule has 1 saturated heterocycles. The molecule has 0 aromatic heterocycles. The third-order valence-corrected chi connectivity index (χ3v) is 7.63. The van der Waals surface area contributed by atoms with E-state index < -0.39 is 10.0 Å². The molecule has 4 rings (SSSR count). The molecule has 1 aliphatic heterocycles. The van der Waals surface area contributed by atoms with Crippen LogP contribution in [0.15, 0.2) is 83.8 Å². The predicted octanol–water partition coefficient (Wildman–Crippen LogP) is 4.92. The lowest BCUT2D eigenvalue weighted by atomic mass is 10.1. The second-order valence-electron chi connectivity index (χ2n) is 8.52. The molecule has 0 spiro atoms. The number of piperazine rings is 1. The van der Waals surface area contributed by atoms with Gasteiger partial charge in [-0.1, -0.05) is 71.8 Å². The second-order valence-corrected chi connectivity index (χ2v) is 10.6. The summed E-state index contributed by atoms with van der Waals surface area (Å²) in [6.45, 7) is 5.48. The number of nitrogens with one attached hydrogen (secondary N) is 1. The van der Waals surface area contributed by atoms with E-state index in [1.807, 2.05) is 25.1 Å². The summed E-state index contributed by atoms with van der Waals surface area (Å²) in [6, 6.07) is 21.4. The van der Waals surface area contributed by atoms with Gasteiger partial charge in [-0.25, -0.2) is 8.42 Å². The average molecular weight is 510 g/mol. The van der Waals surface area contributed by atoms with Gasteiger partial charge < -0.3 is 4.90 Å². The number of halogens is 1. The van der Waals surface area contributed by atoms with Gasteiger partial charge in [0.2, 0.25) is 0 Å². The van der Waals surface area contributed by atoms with Crippen LogP contribution in [0.25, 0.3) is 6.08 Å². The Morgan fingerprint density at radius 2 is 1.66 bits per heavy atom. The van der Waals surface area contributed by atoms with Crippen LogP contribution in [0.2, 0.25) is 5.02 Å². The van der Waals surface area contributed by atoms with Crippen LogP contribution in [0.1, 0.15) is 21.5 Å². The Morgan fingerprint density at radius 3 is 2.31 bits per heavy atom. The predicted molar refractivity (Wildman–Crippen MR) is 141 cm³/mol. The first-order valence-electron chi connectivity index (χ1n) is 11.4. The third kappa shape index (κ3) is 6.51. The Kier molecular flexibility index (Phi) is 7.90. The van der Waals surface area contributed by atoms with Gasteiger partial charge in [0.1, 0.15) is 0 Å². The molecule has 8 heteroatoms. The van der Waals surface area contributed by atoms with Crippen molar-refractivity contribution < 1.29 is 13.2 Å². The SMILES string of the molecule is Cc1ccc(S(=O)(=O)Nc2ccc(C(=O)N3CCN(C/C=C/c4ccccc4)CC3)c(Cl)c2)cc1. The Labute approximate surface area is 211 Å². The fraction of sp³-hybridized carbons (Fsp3) is 0.222. The molecule has 35 heavy (non-hydrogen) atoms. The highest BCUT2D eigenvalue weighted by atomic mass is 35.5. The number of aryl methyl sites for hydroxylation is 1. The van der Waals surface area contributed by atoms with E-state index in [1.165, 1.54) is 11.6 Å². The number of sulfonamides is 1. The second kappa shape index (κ2) is 11.1. The van der Waals surface area contributed by atoms with E-state index in [4.69, 9.17) is 11.6 Å². The van der Waals surface area contributed by atoms with Crippen molar-refractivity contribution in [3.05, 3.63) is 101 Å². The molecule has 1 amide bonds. The first kappa shape index (κ1) is 25.0. The minimum absolute atomic E-state index is 0.151. The molecule has 3 aromatic carbocycles. The van der Waals surface area contributed by atoms with Gasteiger partial charge >= 0.3 is 0 Å². The quantitative estimate of drug-likeness (QED) is 0.491. The molecule has 0 unspecified atom stereocenters. The highest BCUT2D eigenvalue weighted by Gasteiger charge is 2.24. The lowest BCUT2D eigenvalue weighted by molar-refractivity contribution is 0.0650. The zero-order valence-electron chi connectivity index (χ0n) is 19.5. The van der Waals surface area contributed by atoms with Crippen LogP contribution in [0.4, 0.5) is 5.69 Å². The fourth-order valence-corrected chi connectivity index (χ4v) is 5.20. The maximum atomic E-state index is 13.0. The van der Waals surface area contributed by atoms with Gasteiger partial charge in [-0.05, 0) is 42.8 Å². The van der Waals surface area contributed by atoms with E-state index in [0.29, 0.717) is 24.3 Å². The van der Waals surface area contributed by atoms with Crippen LogP contribution < -0.4 is 4.72 Å². The maximum Gasteiger partial charge on any atom is 0.261 e. The minimum Gasteiger partial charge on any atom is -0.336 e. The molecule has 0 radical (unpaired) electrons. The van der Waals surface area contributed by atoms with Gasteiger partial charge in [0.15, 0.2) is 0 Å². The summed E-state index contributed by atoms with van der Waals surface area (Å²) in [6.07, 6.45) is 4.24. The molecule has 1 aliphatic rings. The number of hydrogen-bond acceptors (Lipinski definition) is 4. The first-order chi connectivity index (χ1) is 16.8. The van der Waals surface area contributed by atoms with Crippen molar-refractivity contribution >= 4 is 39.3 Å². The summed E-state index contributed by atoms with van der Waals surface area (Å²) in [7, 11) is -3.75. The maximum absolute atomic E-state index is 13.0. The molecule has 0 atom stereocenters. The molecular formula is C27H28ClN3O3S. The monoisotopic (exact) mass is 509 g/mol. The number of nitrogens with zero attached hydrogens (tertiary/aromatic N) is 2. The zero-order valence-corrected chi connectivity index (χ0v) is 21.1. The highest BCUT2D eigenvalue weighted by molar-refractivity contribution is 7.92. The Bertz CT molecular complexity index is 1300. The number of anilines is 1. The van der Waals surface area contributed by atoms with Crippen LogP contribution in [-0.2, 0) is 10.0 Å². The van der Waals surface area contributed by atoms with Crippen molar-refractivity contribution in [2.75, 3.05) is 37.4 Å². The standard InChI is InChI=1S/C27H28ClN3O3S/c1-21-9-12-24(13-10-21)35(33,34)29-23-11-14-25(26(28)20-23)27(32)31-18-16-30(17-19-31)15-5-8-22-6-3-2-4-7-22/h2-14,20,29H,15-19H2,1H3/b8-5+. The Morgan fingerprint density at radius 1 is 0.971 bits per heavy atom. The highest BCUT2D eigenvalue weighted by Crippen LogP contribution is 2.25. The van der Waals surface area contributed by atoms with Crippen LogP contribution >= 0.6 is 11.6 Å². The summed E-state index contributed by atoms with van der Waals surface area (Å²) in [5.74, 6) is -0.151. The van der Waals surface area contributed by atoms with Crippen molar-refractivity contribution in [3.8, 4) is 0 Å². The average Bonchev–Trinajstić information content (AvgIpc) is 2.85. The first-order valence-corrected chi connectivity index (χ1v) is 13.3. The van der Waals surface area contributed by atoms with E-state index in [9.17, 15) is 13.2 Å². The molecule has 0 aliphatic carbocycles. The van der Waals surface area contributed by atoms with Crippen molar-refractivity contribution in [3.63, 3.8) is 0 Å². The summed E-state index contributed by atoms with van der Waals surface area (Å²) in [4.78, 5) is 17.3. The van der Waals surface area contributed by atoms with Gasteiger partial charge in [-0.15, -0.1) is 0 Å². The van der Waals surface area contributed by atoms with Crippen molar-refractivity contribution in [2.24, 2.45) is 0 Å². The number of carbonyl (C=O) groups is 1. The minimum atomic E-state index is -3.75. The van der Waals surface area contributed by atoms with Gasteiger partial charge in [0.25, 0.3) is 15.9 Å². The van der Waals surface area contributed by atoms with Crippen molar-refractivity contribution in [1.82, 2.24) is 9.80 Å². The van der Waals surface area contributed by atoms with Crippen LogP contribution in [0.5, 0.6) is 0 Å². The summed E-state index contributed by atoms with van der Waals surface area (Å²) in [5, 5.41) is 0.215. The number of amides is 1. The lowest BCUT2D eigenvalue weighted by Crippen LogP contribution is -2.48. The molecular weight excluding hydrogens is 482 g/mol. The van der Waals surface area contributed by atoms with E-state index in [0.717, 1.165) is 25.2 Å². The molecule has 0 saturated carbocycles. The smallest absolute Gasteiger partial charge is 0.261 e. The molecule has 1 N–H and O–H groups in total. The summed E-state index contributed by atoms with van der Waals surface area (Å²) < 4.78 is 27.8.